The van der Waals surface area contributed by atoms with Crippen molar-refractivity contribution in [1.29, 1.82) is 0 Å². The molecular formula is C30H25Cl2NO12. The highest BCUT2D eigenvalue weighted by molar-refractivity contribution is 6.32. The van der Waals surface area contributed by atoms with Crippen molar-refractivity contribution in [3.8, 4) is 23.0 Å². The fourth-order valence-corrected chi connectivity index (χ4v) is 6.13. The lowest BCUT2D eigenvalue weighted by molar-refractivity contribution is -0.244. The molecule has 3 aliphatic rings. The second-order valence-corrected chi connectivity index (χ2v) is 11.3. The number of nitrogens with one attached hydrogen (secondary N) is 1. The maximum absolute atomic E-state index is 13.2. The smallest absolute Gasteiger partial charge is 0.341 e. The lowest BCUT2D eigenvalue weighted by Gasteiger charge is -2.42. The summed E-state index contributed by atoms with van der Waals surface area (Å²) < 4.78 is 29.3. The summed E-state index contributed by atoms with van der Waals surface area (Å²) in [4.78, 5) is 36.2. The Morgan fingerprint density at radius 2 is 1.62 bits per heavy atom. The second-order valence-electron chi connectivity index (χ2n) is 10.5. The number of carbonyl (C=O) groups is 3. The topological polar surface area (TPSA) is 190 Å². The molecule has 1 fully saturated rings. The van der Waals surface area contributed by atoms with Gasteiger partial charge in [0.2, 0.25) is 12.2 Å². The number of carbonyl (C=O) groups excluding carboxylic acids is 2. The van der Waals surface area contributed by atoms with Crippen molar-refractivity contribution in [2.24, 2.45) is 0 Å². The Kier molecular flexibility index (Phi) is 8.01. The first-order valence-electron chi connectivity index (χ1n) is 13.5. The number of hydrogen-bond acceptors (Lipinski definition) is 11. The first-order valence-corrected chi connectivity index (χ1v) is 14.3. The van der Waals surface area contributed by atoms with E-state index in [1.165, 1.54) is 31.2 Å². The molecule has 1 saturated heterocycles. The van der Waals surface area contributed by atoms with Crippen molar-refractivity contribution in [2.75, 3.05) is 13.2 Å². The second kappa shape index (κ2) is 11.7. The Hall–Kier alpha value is -4.11. The van der Waals surface area contributed by atoms with Crippen LogP contribution in [0.2, 0.25) is 10.0 Å². The van der Waals surface area contributed by atoms with Crippen LogP contribution in [0.3, 0.4) is 0 Å². The van der Waals surface area contributed by atoms with Gasteiger partial charge in [-0.15, -0.1) is 0 Å². The van der Waals surface area contributed by atoms with Gasteiger partial charge in [-0.05, 0) is 18.2 Å². The number of halogens is 2. The summed E-state index contributed by atoms with van der Waals surface area (Å²) in [6.45, 7) is -0.144. The molecule has 0 aliphatic carbocycles. The number of carboxylic acid groups (broad SMARTS) is 1. The van der Waals surface area contributed by atoms with E-state index in [-0.39, 0.29) is 38.6 Å². The third-order valence-corrected chi connectivity index (χ3v) is 8.25. The van der Waals surface area contributed by atoms with E-state index >= 15 is 0 Å². The van der Waals surface area contributed by atoms with Gasteiger partial charge >= 0.3 is 11.9 Å². The molecular weight excluding hydrogens is 637 g/mol. The van der Waals surface area contributed by atoms with Crippen LogP contribution < -0.4 is 19.5 Å². The van der Waals surface area contributed by atoms with Crippen LogP contribution in [-0.2, 0) is 24.7 Å². The number of benzene rings is 3. The summed E-state index contributed by atoms with van der Waals surface area (Å²) in [6, 6.07) is 11.1. The normalized spacial score (nSPS) is 26.2. The predicted octanol–water partition coefficient (Wildman–Crippen LogP) is 2.35. The van der Waals surface area contributed by atoms with Crippen LogP contribution in [0, 0.1) is 0 Å². The van der Waals surface area contributed by atoms with Gasteiger partial charge in [-0.1, -0.05) is 41.4 Å². The minimum absolute atomic E-state index is 0.00388. The van der Waals surface area contributed by atoms with Crippen LogP contribution in [0.15, 0.2) is 48.5 Å². The van der Waals surface area contributed by atoms with Gasteiger partial charge < -0.3 is 49.4 Å². The van der Waals surface area contributed by atoms with Crippen molar-refractivity contribution in [3.63, 3.8) is 0 Å². The summed E-state index contributed by atoms with van der Waals surface area (Å²) in [5.74, 6) is -2.24. The molecule has 15 heteroatoms. The molecule has 0 bridgehead atoms. The maximum Gasteiger partial charge on any atom is 0.341 e. The number of hydrogen-bond donors (Lipinski definition) is 5. The van der Waals surface area contributed by atoms with Crippen molar-refractivity contribution in [2.45, 2.75) is 43.2 Å². The fraction of sp³-hybridized carbons (Fsp3) is 0.300. The number of rotatable bonds is 7. The molecule has 3 aromatic carbocycles. The first-order chi connectivity index (χ1) is 21.4. The van der Waals surface area contributed by atoms with Gasteiger partial charge in [-0.25, -0.2) is 9.59 Å². The molecule has 3 unspecified atom stereocenters. The average Bonchev–Trinajstić information content (AvgIpc) is 3.29. The monoisotopic (exact) mass is 661 g/mol. The number of aliphatic hydroxyl groups excluding tert-OH is 3. The van der Waals surface area contributed by atoms with E-state index < -0.39 is 67.3 Å². The van der Waals surface area contributed by atoms with Crippen LogP contribution in [0.1, 0.15) is 34.0 Å². The minimum atomic E-state index is -1.60. The standard InChI is InChI=1S/C30H25Cl2NO12/c1-12(35)33-25-27(39)26(38)23(10-34)44-29(25)43-22-9-20-16(7-18(22)32)30(14-5-3-2-4-13(14)28(40)45-30)15-6-17(31)21(8-19(15)42-20)41-11-24(36)37/h2-9,23,25-27,29,34,38-39H,10-11H2,1H3,(H,33,35)(H,36,37)/t23?,25?,26-,27+,29-,30?/m1/s1. The van der Waals surface area contributed by atoms with Crippen LogP contribution in [0.4, 0.5) is 0 Å². The summed E-state index contributed by atoms with van der Waals surface area (Å²) >= 11 is 13.2. The van der Waals surface area contributed by atoms with E-state index in [9.17, 15) is 29.7 Å². The van der Waals surface area contributed by atoms with Crippen molar-refractivity contribution >= 4 is 41.0 Å². The lowest BCUT2D eigenvalue weighted by atomic mass is 9.77. The molecule has 1 spiro atoms. The molecule has 0 radical (unpaired) electrons. The van der Waals surface area contributed by atoms with E-state index in [0.29, 0.717) is 16.7 Å². The van der Waals surface area contributed by atoms with Crippen molar-refractivity contribution in [3.05, 3.63) is 80.8 Å². The molecule has 6 atom stereocenters. The molecule has 13 nitrogen and oxygen atoms in total. The van der Waals surface area contributed by atoms with Gasteiger partial charge in [0, 0.05) is 35.7 Å². The highest BCUT2D eigenvalue weighted by atomic mass is 35.5. The third-order valence-electron chi connectivity index (χ3n) is 7.66. The summed E-state index contributed by atoms with van der Waals surface area (Å²) in [7, 11) is 0. The highest BCUT2D eigenvalue weighted by Gasteiger charge is 2.54. The van der Waals surface area contributed by atoms with Gasteiger partial charge in [0.25, 0.3) is 0 Å². The number of esters is 1. The fourth-order valence-electron chi connectivity index (χ4n) is 5.71. The summed E-state index contributed by atoms with van der Waals surface area (Å²) in [5, 5.41) is 42.3. The zero-order valence-corrected chi connectivity index (χ0v) is 24.7. The van der Waals surface area contributed by atoms with Crippen LogP contribution in [0.25, 0.3) is 0 Å². The van der Waals surface area contributed by atoms with E-state index in [2.05, 4.69) is 5.32 Å². The van der Waals surface area contributed by atoms with E-state index in [4.69, 9.17) is 52.0 Å². The molecule has 5 N–H and O–H groups in total. The quantitative estimate of drug-likeness (QED) is 0.233. The Labute approximate surface area is 264 Å². The number of fused-ring (bicyclic) bond motifs is 6. The first kappa shape index (κ1) is 30.9. The zero-order valence-electron chi connectivity index (χ0n) is 23.2. The molecule has 6 rings (SSSR count). The van der Waals surface area contributed by atoms with Gasteiger partial charge in [-0.3, -0.25) is 4.79 Å². The number of ether oxygens (including phenoxy) is 5. The average molecular weight is 662 g/mol. The SMILES string of the molecule is CC(=O)NC1[C@H](Oc2cc3c(cc2Cl)C2(OC(=O)c4ccccc42)c2cc(Cl)c(OCC(=O)O)cc2O3)OC(CO)[C@@H](O)[C@H]1O. The van der Waals surface area contributed by atoms with E-state index in [0.717, 1.165) is 0 Å². The molecule has 3 heterocycles. The molecule has 45 heavy (non-hydrogen) atoms. The number of aliphatic hydroxyl groups is 3. The lowest BCUT2D eigenvalue weighted by Crippen LogP contribution is -2.65. The summed E-state index contributed by atoms with van der Waals surface area (Å²) in [6.07, 6.45) is -5.78. The van der Waals surface area contributed by atoms with Gasteiger partial charge in [0.1, 0.15) is 47.4 Å². The van der Waals surface area contributed by atoms with Gasteiger partial charge in [-0.2, -0.15) is 0 Å². The predicted molar refractivity (Wildman–Crippen MR) is 154 cm³/mol. The third kappa shape index (κ3) is 5.21. The maximum atomic E-state index is 13.2. The number of aliphatic carboxylic acids is 1. The van der Waals surface area contributed by atoms with Crippen molar-refractivity contribution in [1.82, 2.24) is 5.32 Å². The Morgan fingerprint density at radius 1 is 0.978 bits per heavy atom. The highest BCUT2D eigenvalue weighted by Crippen LogP contribution is 2.58. The Balaban J connectivity index is 1.47. The molecule has 0 saturated carbocycles. The van der Waals surface area contributed by atoms with Crippen molar-refractivity contribution < 1.29 is 58.5 Å². The molecule has 3 aromatic rings. The molecule has 3 aliphatic heterocycles. The number of carboxylic acids is 1. The zero-order chi connectivity index (χ0) is 32.2. The Morgan fingerprint density at radius 3 is 2.27 bits per heavy atom. The van der Waals surface area contributed by atoms with E-state index in [1.807, 2.05) is 0 Å². The van der Waals surface area contributed by atoms with E-state index in [1.54, 1.807) is 24.3 Å². The number of amides is 1. The van der Waals surface area contributed by atoms with Gasteiger partial charge in [0.15, 0.2) is 12.2 Å². The van der Waals surface area contributed by atoms with Crippen LogP contribution in [-0.4, -0.2) is 82.1 Å². The Bertz CT molecular complexity index is 1720. The molecule has 1 amide bonds. The molecule has 0 aromatic heterocycles. The van der Waals surface area contributed by atoms with Crippen LogP contribution in [0.5, 0.6) is 23.0 Å². The summed E-state index contributed by atoms with van der Waals surface area (Å²) in [5.41, 5.74) is -0.241. The minimum Gasteiger partial charge on any atom is -0.480 e. The molecule has 236 valence electrons. The van der Waals surface area contributed by atoms with Gasteiger partial charge in [0.05, 0.1) is 22.2 Å². The largest absolute Gasteiger partial charge is 0.480 e. The van der Waals surface area contributed by atoms with Crippen LogP contribution >= 0.6 is 23.2 Å².